The highest BCUT2D eigenvalue weighted by molar-refractivity contribution is 7.99. The van der Waals surface area contributed by atoms with Gasteiger partial charge in [0.25, 0.3) is 0 Å². The summed E-state index contributed by atoms with van der Waals surface area (Å²) in [5.74, 6) is 1.15. The van der Waals surface area contributed by atoms with E-state index in [1.165, 1.54) is 30.0 Å². The minimum Gasteiger partial charge on any atom is -0.469 e. The predicted molar refractivity (Wildman–Crippen MR) is 94.9 cm³/mol. The molecular formula is C17H24N4O2S. The third-order valence-corrected chi connectivity index (χ3v) is 4.71. The van der Waals surface area contributed by atoms with Gasteiger partial charge in [0.2, 0.25) is 0 Å². The normalized spacial score (nSPS) is 12.2. The number of methoxy groups -OCH3 is 1. The number of ether oxygens (including phenoxy) is 1. The first-order valence-corrected chi connectivity index (χ1v) is 8.97. The minimum atomic E-state index is -0.224. The van der Waals surface area contributed by atoms with Crippen LogP contribution in [0.25, 0.3) is 0 Å². The van der Waals surface area contributed by atoms with Crippen molar-refractivity contribution in [1.29, 1.82) is 0 Å². The maximum Gasteiger partial charge on any atom is 0.306 e. The van der Waals surface area contributed by atoms with Crippen molar-refractivity contribution in [2.24, 2.45) is 5.73 Å². The number of carbonyl (C=O) groups excluding carboxylic acids is 1. The lowest BCUT2D eigenvalue weighted by Gasteiger charge is -2.13. The van der Waals surface area contributed by atoms with E-state index < -0.39 is 0 Å². The summed E-state index contributed by atoms with van der Waals surface area (Å²) in [6, 6.07) is 8.21. The summed E-state index contributed by atoms with van der Waals surface area (Å²) < 4.78 is 6.71. The summed E-state index contributed by atoms with van der Waals surface area (Å²) in [7, 11) is 1.39. The number of nitrogens with zero attached hydrogens (tertiary/aromatic N) is 3. The molecule has 0 aliphatic carbocycles. The molecule has 0 aliphatic rings. The van der Waals surface area contributed by atoms with Gasteiger partial charge >= 0.3 is 5.97 Å². The molecular weight excluding hydrogens is 324 g/mol. The maximum absolute atomic E-state index is 11.3. The van der Waals surface area contributed by atoms with E-state index >= 15 is 0 Å². The Labute approximate surface area is 146 Å². The molecule has 1 atom stereocenters. The number of benzene rings is 1. The minimum absolute atomic E-state index is 0.155. The van der Waals surface area contributed by atoms with Crippen LogP contribution in [0.2, 0.25) is 0 Å². The van der Waals surface area contributed by atoms with Gasteiger partial charge in [0.15, 0.2) is 11.0 Å². The number of carbonyl (C=O) groups is 1. The van der Waals surface area contributed by atoms with E-state index in [0.29, 0.717) is 18.7 Å². The molecule has 2 aromatic rings. The van der Waals surface area contributed by atoms with Crippen molar-refractivity contribution in [1.82, 2.24) is 14.8 Å². The van der Waals surface area contributed by atoms with Gasteiger partial charge in [-0.1, -0.05) is 48.5 Å². The summed E-state index contributed by atoms with van der Waals surface area (Å²) in [6.45, 7) is 4.76. The van der Waals surface area contributed by atoms with Gasteiger partial charge < -0.3 is 15.0 Å². The van der Waals surface area contributed by atoms with Crippen LogP contribution < -0.4 is 5.73 Å². The number of rotatable bonds is 8. The van der Waals surface area contributed by atoms with Crippen LogP contribution in [0.4, 0.5) is 0 Å². The fraction of sp³-hybridized carbons (Fsp3) is 0.471. The number of thioether (sulfide) groups is 1. The van der Waals surface area contributed by atoms with Crippen LogP contribution in [0.3, 0.4) is 0 Å². The molecule has 0 fully saturated rings. The molecule has 24 heavy (non-hydrogen) atoms. The molecule has 1 aromatic carbocycles. The first-order valence-electron chi connectivity index (χ1n) is 7.99. The lowest BCUT2D eigenvalue weighted by atomic mass is 10.1. The highest BCUT2D eigenvalue weighted by Gasteiger charge is 2.18. The Bertz CT molecular complexity index is 670. The molecule has 0 radical (unpaired) electrons. The smallest absolute Gasteiger partial charge is 0.306 e. The molecule has 1 heterocycles. The van der Waals surface area contributed by atoms with Crippen molar-refractivity contribution >= 4 is 17.7 Å². The van der Waals surface area contributed by atoms with Gasteiger partial charge in [0.1, 0.15) is 0 Å². The van der Waals surface area contributed by atoms with Gasteiger partial charge in [-0.25, -0.2) is 0 Å². The van der Waals surface area contributed by atoms with Gasteiger partial charge in [-0.3, -0.25) is 4.79 Å². The van der Waals surface area contributed by atoms with E-state index in [0.717, 1.165) is 17.4 Å². The summed E-state index contributed by atoms with van der Waals surface area (Å²) in [4.78, 5) is 11.3. The second-order valence-electron chi connectivity index (χ2n) is 5.60. The van der Waals surface area contributed by atoms with Crippen LogP contribution in [0.5, 0.6) is 0 Å². The zero-order valence-corrected chi connectivity index (χ0v) is 15.2. The standard InChI is InChI=1S/C17H24N4O2S/c1-4-14(18)16-19-20-17(24-10-9-15(22)23-3)21(16)11-13-7-5-12(2)6-8-13/h5-8,14H,4,9-11,18H2,1-3H3. The summed E-state index contributed by atoms with van der Waals surface area (Å²) >= 11 is 1.49. The molecule has 0 saturated heterocycles. The van der Waals surface area contributed by atoms with Crippen molar-refractivity contribution in [3.63, 3.8) is 0 Å². The number of hydrogen-bond acceptors (Lipinski definition) is 6. The Morgan fingerprint density at radius 2 is 2.04 bits per heavy atom. The van der Waals surface area contributed by atoms with E-state index in [9.17, 15) is 4.79 Å². The largest absolute Gasteiger partial charge is 0.469 e. The van der Waals surface area contributed by atoms with Crippen molar-refractivity contribution in [3.05, 3.63) is 41.2 Å². The van der Waals surface area contributed by atoms with Crippen molar-refractivity contribution in [2.75, 3.05) is 12.9 Å². The highest BCUT2D eigenvalue weighted by atomic mass is 32.2. The second-order valence-corrected chi connectivity index (χ2v) is 6.66. The molecule has 130 valence electrons. The van der Waals surface area contributed by atoms with E-state index in [2.05, 4.69) is 46.1 Å². The molecule has 0 spiro atoms. The molecule has 2 N–H and O–H groups in total. The summed E-state index contributed by atoms with van der Waals surface area (Å²) in [5.41, 5.74) is 8.57. The third-order valence-electron chi connectivity index (χ3n) is 3.74. The fourth-order valence-corrected chi connectivity index (χ4v) is 3.08. The van der Waals surface area contributed by atoms with Crippen LogP contribution in [-0.2, 0) is 16.1 Å². The van der Waals surface area contributed by atoms with Gasteiger partial charge in [-0.05, 0) is 18.9 Å². The van der Waals surface area contributed by atoms with Crippen molar-refractivity contribution in [2.45, 2.75) is 44.4 Å². The van der Waals surface area contributed by atoms with Gasteiger partial charge in [-0.15, -0.1) is 10.2 Å². The Kier molecular flexibility index (Phi) is 6.81. The van der Waals surface area contributed by atoms with Crippen LogP contribution in [-0.4, -0.2) is 33.6 Å². The van der Waals surface area contributed by atoms with E-state index in [-0.39, 0.29) is 12.0 Å². The van der Waals surface area contributed by atoms with E-state index in [1.807, 2.05) is 11.5 Å². The summed E-state index contributed by atoms with van der Waals surface area (Å²) in [5, 5.41) is 9.31. The SMILES string of the molecule is CCC(N)c1nnc(SCCC(=O)OC)n1Cc1ccc(C)cc1. The molecule has 0 amide bonds. The fourth-order valence-electron chi connectivity index (χ4n) is 2.22. The second kappa shape index (κ2) is 8.84. The van der Waals surface area contributed by atoms with Crippen molar-refractivity contribution in [3.8, 4) is 0 Å². The predicted octanol–water partition coefficient (Wildman–Crippen LogP) is 2.70. The molecule has 1 unspecified atom stereocenters. The number of aromatic nitrogens is 3. The Morgan fingerprint density at radius 3 is 2.67 bits per heavy atom. The first kappa shape index (κ1) is 18.5. The van der Waals surface area contributed by atoms with Crippen LogP contribution in [0.15, 0.2) is 29.4 Å². The molecule has 1 aromatic heterocycles. The lowest BCUT2D eigenvalue weighted by Crippen LogP contribution is -2.17. The average Bonchev–Trinajstić information content (AvgIpc) is 2.98. The Morgan fingerprint density at radius 1 is 1.33 bits per heavy atom. The maximum atomic E-state index is 11.3. The zero-order chi connectivity index (χ0) is 17.5. The molecule has 7 heteroatoms. The van der Waals surface area contributed by atoms with Gasteiger partial charge in [0, 0.05) is 5.75 Å². The quantitative estimate of drug-likeness (QED) is 0.583. The Hall–Kier alpha value is -1.86. The average molecular weight is 348 g/mol. The number of esters is 1. The molecule has 0 aliphatic heterocycles. The summed E-state index contributed by atoms with van der Waals surface area (Å²) in [6.07, 6.45) is 1.13. The molecule has 0 bridgehead atoms. The molecule has 6 nitrogen and oxygen atoms in total. The van der Waals surface area contributed by atoms with E-state index in [4.69, 9.17) is 5.73 Å². The third kappa shape index (κ3) is 4.82. The number of nitrogens with two attached hydrogens (primary N) is 1. The molecule has 0 saturated carbocycles. The number of aryl methyl sites for hydroxylation is 1. The zero-order valence-electron chi connectivity index (χ0n) is 14.4. The lowest BCUT2D eigenvalue weighted by molar-refractivity contribution is -0.140. The number of hydrogen-bond donors (Lipinski definition) is 1. The topological polar surface area (TPSA) is 83.0 Å². The molecule has 2 rings (SSSR count). The van der Waals surface area contributed by atoms with Gasteiger partial charge in [0.05, 0.1) is 26.1 Å². The Balaban J connectivity index is 2.19. The van der Waals surface area contributed by atoms with Crippen LogP contribution >= 0.6 is 11.8 Å². The van der Waals surface area contributed by atoms with Crippen LogP contribution in [0.1, 0.15) is 42.8 Å². The van der Waals surface area contributed by atoms with Gasteiger partial charge in [-0.2, -0.15) is 0 Å². The monoisotopic (exact) mass is 348 g/mol. The first-order chi connectivity index (χ1) is 11.5. The van der Waals surface area contributed by atoms with Crippen molar-refractivity contribution < 1.29 is 9.53 Å². The van der Waals surface area contributed by atoms with Crippen LogP contribution in [0, 0.1) is 6.92 Å². The highest BCUT2D eigenvalue weighted by Crippen LogP contribution is 2.23. The van der Waals surface area contributed by atoms with E-state index in [1.54, 1.807) is 0 Å².